The van der Waals surface area contributed by atoms with Gasteiger partial charge in [0, 0.05) is 6.08 Å². The molecule has 0 aromatic rings. The van der Waals surface area contributed by atoms with Crippen LogP contribution in [0.5, 0.6) is 0 Å². The van der Waals surface area contributed by atoms with Crippen molar-refractivity contribution in [3.63, 3.8) is 0 Å². The van der Waals surface area contributed by atoms with E-state index in [1.165, 1.54) is 6.08 Å². The summed E-state index contributed by atoms with van der Waals surface area (Å²) in [6.45, 7) is 3.12. The van der Waals surface area contributed by atoms with Crippen molar-refractivity contribution in [3.8, 4) is 6.07 Å². The predicted molar refractivity (Wildman–Crippen MR) is 30.5 cm³/mol. The minimum Gasteiger partial charge on any atom is -0.193 e. The first kappa shape index (κ1) is 9.01. The molecule has 0 heterocycles. The molecule has 2 heteroatoms. The Hall–Kier alpha value is -0.680. The van der Waals surface area contributed by atoms with Gasteiger partial charge in [0.25, 0.3) is 0 Å². The Morgan fingerprint density at radius 3 is 1.83 bits per heavy atom. The van der Waals surface area contributed by atoms with Gasteiger partial charge in [0.15, 0.2) is 0 Å². The van der Waals surface area contributed by atoms with Crippen molar-refractivity contribution in [1.82, 2.24) is 0 Å². The minimum atomic E-state index is 1.18. The van der Waals surface area contributed by atoms with Gasteiger partial charge in [-0.05, 0) is 5.87 Å². The number of nitrogens with zero attached hydrogens (tertiary/aromatic N) is 1. The molecule has 1 nitrogen and oxygen atoms in total. The van der Waals surface area contributed by atoms with Crippen molar-refractivity contribution < 1.29 is 0 Å². The molecule has 0 radical (unpaired) electrons. The average molecular weight is 99.2 g/mol. The van der Waals surface area contributed by atoms with E-state index in [-0.39, 0.29) is 0 Å². The summed E-state index contributed by atoms with van der Waals surface area (Å²) in [6, 6.07) is 1.69. The van der Waals surface area contributed by atoms with Crippen LogP contribution in [-0.4, -0.2) is 5.87 Å². The first-order valence-corrected chi connectivity index (χ1v) is 1.79. The molecule has 0 rings (SSSR count). The number of nitriles is 1. The van der Waals surface area contributed by atoms with E-state index in [4.69, 9.17) is 5.26 Å². The third-order valence-electron chi connectivity index (χ3n) is 0.0913. The normalized spacial score (nSPS) is 3.17. The third-order valence-corrected chi connectivity index (χ3v) is 0.0913. The van der Waals surface area contributed by atoms with Crippen LogP contribution in [-0.2, 0) is 0 Å². The maximum Gasteiger partial charge on any atom is 0.0905 e. The highest BCUT2D eigenvalue weighted by Gasteiger charge is 1.34. The topological polar surface area (TPSA) is 23.8 Å². The van der Waals surface area contributed by atoms with Gasteiger partial charge in [0.1, 0.15) is 0 Å². The molecule has 0 aliphatic rings. The van der Waals surface area contributed by atoms with Gasteiger partial charge in [0.05, 0.1) is 6.07 Å². The van der Waals surface area contributed by atoms with Crippen LogP contribution in [0.1, 0.15) is 0 Å². The van der Waals surface area contributed by atoms with Crippen molar-refractivity contribution in [2.45, 2.75) is 0 Å². The van der Waals surface area contributed by atoms with Crippen molar-refractivity contribution in [2.75, 3.05) is 0 Å². The highest BCUT2D eigenvalue weighted by Crippen LogP contribution is 1.41. The summed E-state index contributed by atoms with van der Waals surface area (Å²) in [4.78, 5) is 0. The summed E-state index contributed by atoms with van der Waals surface area (Å²) in [6.07, 6.45) is 1.18. The van der Waals surface area contributed by atoms with E-state index in [9.17, 15) is 0 Å². The molecule has 0 bridgehead atoms. The second kappa shape index (κ2) is 27.3. The molecule has 0 fully saturated rings. The largest absolute Gasteiger partial charge is 0.193 e. The van der Waals surface area contributed by atoms with Gasteiger partial charge < -0.3 is 0 Å². The fourth-order valence-electron chi connectivity index (χ4n) is 0. The highest BCUT2D eigenvalue weighted by molar-refractivity contribution is 7.77. The number of thiocarbonyl (C=S) groups is 1. The number of rotatable bonds is 0. The van der Waals surface area contributed by atoms with Crippen LogP contribution in [0, 0.1) is 11.3 Å². The lowest BCUT2D eigenvalue weighted by Gasteiger charge is -1.31. The van der Waals surface area contributed by atoms with Crippen molar-refractivity contribution in [1.29, 1.82) is 5.26 Å². The van der Waals surface area contributed by atoms with Gasteiger partial charge in [-0.25, -0.2) is 0 Å². The molecule has 0 saturated carbocycles. The lowest BCUT2D eigenvalue weighted by molar-refractivity contribution is 1.54. The van der Waals surface area contributed by atoms with Gasteiger partial charge in [-0.2, -0.15) is 5.26 Å². The van der Waals surface area contributed by atoms with Crippen molar-refractivity contribution in [2.24, 2.45) is 0 Å². The van der Waals surface area contributed by atoms with Crippen LogP contribution < -0.4 is 0 Å². The molecular formula is C4H5NS. The van der Waals surface area contributed by atoms with Crippen molar-refractivity contribution >= 4 is 18.1 Å². The number of hydrogen-bond donors (Lipinski definition) is 0. The maximum atomic E-state index is 7.51. The summed E-state index contributed by atoms with van der Waals surface area (Å²) in [5.74, 6) is 2.83. The smallest absolute Gasteiger partial charge is 0.0905 e. The summed E-state index contributed by atoms with van der Waals surface area (Å²) >= 11 is 3.83. The molecule has 0 aliphatic carbocycles. The Labute approximate surface area is 42.9 Å². The van der Waals surface area contributed by atoms with E-state index in [0.717, 1.165) is 0 Å². The summed E-state index contributed by atoms with van der Waals surface area (Å²) < 4.78 is 0. The van der Waals surface area contributed by atoms with E-state index >= 15 is 0 Å². The van der Waals surface area contributed by atoms with Crippen LogP contribution in [0.25, 0.3) is 0 Å². The Kier molecular flexibility index (Phi) is 41.0. The standard InChI is InChI=1S/C3H3N.CH2S/c1-2-3-4;1-2/h2H,1H2;1H2. The van der Waals surface area contributed by atoms with E-state index in [1.54, 1.807) is 6.07 Å². The second-order valence-corrected chi connectivity index (χ2v) is 0.333. The quantitative estimate of drug-likeness (QED) is 0.337. The third kappa shape index (κ3) is 175. The second-order valence-electron chi connectivity index (χ2n) is 0.333. The van der Waals surface area contributed by atoms with E-state index in [2.05, 4.69) is 24.7 Å². The van der Waals surface area contributed by atoms with Crippen LogP contribution in [0.3, 0.4) is 0 Å². The van der Waals surface area contributed by atoms with Crippen LogP contribution in [0.2, 0.25) is 0 Å². The summed E-state index contributed by atoms with van der Waals surface area (Å²) in [5.41, 5.74) is 0. The highest BCUT2D eigenvalue weighted by atomic mass is 32.1. The summed E-state index contributed by atoms with van der Waals surface area (Å²) in [7, 11) is 0. The first-order valence-electron chi connectivity index (χ1n) is 1.21. The molecule has 0 aromatic carbocycles. The molecule has 0 unspecified atom stereocenters. The maximum absolute atomic E-state index is 7.51. The molecule has 0 amide bonds. The van der Waals surface area contributed by atoms with Crippen LogP contribution in [0.4, 0.5) is 0 Å². The molecule has 0 aliphatic heterocycles. The molecule has 0 saturated heterocycles. The van der Waals surface area contributed by atoms with Gasteiger partial charge in [-0.15, -0.1) is 0 Å². The molecule has 6 heavy (non-hydrogen) atoms. The zero-order valence-corrected chi connectivity index (χ0v) is 4.16. The van der Waals surface area contributed by atoms with Gasteiger partial charge >= 0.3 is 0 Å². The Balaban J connectivity index is 0. The molecule has 0 atom stereocenters. The number of allylic oxidation sites excluding steroid dienone is 1. The SMILES string of the molecule is C=CC#N.C=S. The van der Waals surface area contributed by atoms with Gasteiger partial charge in [-0.3, -0.25) is 0 Å². The molecule has 0 spiro atoms. The molecule has 32 valence electrons. The fourth-order valence-corrected chi connectivity index (χ4v) is 0. The Morgan fingerprint density at radius 2 is 1.83 bits per heavy atom. The first-order chi connectivity index (χ1) is 2.91. The molecule has 0 aromatic heterocycles. The van der Waals surface area contributed by atoms with E-state index in [1.807, 2.05) is 0 Å². The van der Waals surface area contributed by atoms with Crippen molar-refractivity contribution in [3.05, 3.63) is 12.7 Å². The fraction of sp³-hybridized carbons (Fsp3) is 0. The minimum absolute atomic E-state index is 1.18. The lowest BCUT2D eigenvalue weighted by atomic mass is 10.8. The summed E-state index contributed by atoms with van der Waals surface area (Å²) in [5, 5.41) is 7.51. The number of hydrogen-bond acceptors (Lipinski definition) is 2. The zero-order chi connectivity index (χ0) is 5.41. The van der Waals surface area contributed by atoms with Gasteiger partial charge in [-0.1, -0.05) is 18.8 Å². The van der Waals surface area contributed by atoms with Crippen LogP contribution >= 0.6 is 12.2 Å². The Morgan fingerprint density at radius 1 is 1.67 bits per heavy atom. The average Bonchev–Trinajstić information content (AvgIpc) is 1.72. The van der Waals surface area contributed by atoms with Gasteiger partial charge in [0.2, 0.25) is 0 Å². The molecular weight excluding hydrogens is 94.1 g/mol. The zero-order valence-electron chi connectivity index (χ0n) is 3.35. The van der Waals surface area contributed by atoms with E-state index in [0.29, 0.717) is 0 Å². The predicted octanol–water partition coefficient (Wildman–Crippen LogP) is 1.31. The lowest BCUT2D eigenvalue weighted by Crippen LogP contribution is -1.23. The van der Waals surface area contributed by atoms with E-state index < -0.39 is 0 Å². The van der Waals surface area contributed by atoms with Crippen LogP contribution in [0.15, 0.2) is 12.7 Å². The molecule has 0 N–H and O–H groups in total. The monoisotopic (exact) mass is 99.0 g/mol. The Bertz CT molecular complexity index is 62.4.